The van der Waals surface area contributed by atoms with Crippen molar-refractivity contribution < 1.29 is 9.90 Å². The van der Waals surface area contributed by atoms with Crippen LogP contribution < -0.4 is 0 Å². The monoisotopic (exact) mass is 279 g/mol. The summed E-state index contributed by atoms with van der Waals surface area (Å²) in [4.78, 5) is 15.9. The molecule has 2 atom stereocenters. The fourth-order valence-corrected chi connectivity index (χ4v) is 3.94. The first-order valence-electron chi connectivity index (χ1n) is 7.20. The third-order valence-electron chi connectivity index (χ3n) is 4.18. The molecule has 0 bridgehead atoms. The Labute approximate surface area is 118 Å². The number of aliphatic hydroxyl groups is 1. The molecule has 1 fully saturated rings. The molecule has 2 heterocycles. The molecule has 1 saturated carbocycles. The molecule has 2 unspecified atom stereocenters. The Hall–Kier alpha value is -0.870. The van der Waals surface area contributed by atoms with E-state index in [-0.39, 0.29) is 12.0 Å². The van der Waals surface area contributed by atoms with Gasteiger partial charge in [-0.05, 0) is 55.5 Å². The van der Waals surface area contributed by atoms with Crippen LogP contribution in [-0.4, -0.2) is 28.6 Å². The van der Waals surface area contributed by atoms with E-state index in [9.17, 15) is 9.90 Å². The maximum Gasteiger partial charge on any atom is 0.223 e. The Bertz CT molecular complexity index is 464. The molecule has 0 radical (unpaired) electrons. The average Bonchev–Trinajstić information content (AvgIpc) is 3.11. The first kappa shape index (κ1) is 13.1. The van der Waals surface area contributed by atoms with Gasteiger partial charge in [0, 0.05) is 17.8 Å². The second kappa shape index (κ2) is 5.25. The molecule has 1 aromatic rings. The van der Waals surface area contributed by atoms with Crippen LogP contribution in [0.5, 0.6) is 0 Å². The molecule has 19 heavy (non-hydrogen) atoms. The van der Waals surface area contributed by atoms with Crippen LogP contribution in [-0.2, 0) is 11.2 Å². The van der Waals surface area contributed by atoms with Crippen molar-refractivity contribution >= 4 is 17.2 Å². The normalized spacial score (nSPS) is 24.1. The fourth-order valence-electron chi connectivity index (χ4n) is 3.02. The van der Waals surface area contributed by atoms with Crippen molar-refractivity contribution in [2.45, 2.75) is 51.2 Å². The number of fused-ring (bicyclic) bond motifs is 1. The number of carbonyl (C=O) groups excluding carboxylic acids is 1. The minimum atomic E-state index is -0.384. The Morgan fingerprint density at radius 2 is 2.37 bits per heavy atom. The largest absolute Gasteiger partial charge is 0.393 e. The van der Waals surface area contributed by atoms with Crippen molar-refractivity contribution in [2.24, 2.45) is 5.92 Å². The zero-order chi connectivity index (χ0) is 13.4. The van der Waals surface area contributed by atoms with E-state index in [0.717, 1.165) is 13.0 Å². The first-order valence-corrected chi connectivity index (χ1v) is 8.08. The zero-order valence-corrected chi connectivity index (χ0v) is 12.2. The second-order valence-corrected chi connectivity index (χ2v) is 6.81. The minimum Gasteiger partial charge on any atom is -0.393 e. The highest BCUT2D eigenvalue weighted by molar-refractivity contribution is 7.10. The summed E-state index contributed by atoms with van der Waals surface area (Å²) < 4.78 is 0. The molecule has 0 saturated heterocycles. The highest BCUT2D eigenvalue weighted by Crippen LogP contribution is 2.48. The third-order valence-corrected chi connectivity index (χ3v) is 5.18. The molecule has 2 aliphatic rings. The molecule has 1 aliphatic carbocycles. The van der Waals surface area contributed by atoms with Crippen molar-refractivity contribution in [1.82, 2.24) is 4.90 Å². The number of amides is 1. The molecular weight excluding hydrogens is 258 g/mol. The summed E-state index contributed by atoms with van der Waals surface area (Å²) in [7, 11) is 0. The van der Waals surface area contributed by atoms with Gasteiger partial charge in [-0.25, -0.2) is 0 Å². The topological polar surface area (TPSA) is 40.5 Å². The zero-order valence-electron chi connectivity index (χ0n) is 11.3. The molecule has 104 valence electrons. The molecule has 3 nitrogen and oxygen atoms in total. The van der Waals surface area contributed by atoms with E-state index >= 15 is 0 Å². The maximum absolute atomic E-state index is 12.4. The highest BCUT2D eigenvalue weighted by Gasteiger charge is 2.41. The molecule has 1 N–H and O–H groups in total. The van der Waals surface area contributed by atoms with E-state index in [0.29, 0.717) is 24.8 Å². The van der Waals surface area contributed by atoms with E-state index in [1.807, 2.05) is 11.3 Å². The third kappa shape index (κ3) is 2.70. The molecule has 4 heteroatoms. The fraction of sp³-hybridized carbons (Fsp3) is 0.667. The van der Waals surface area contributed by atoms with Crippen LogP contribution in [0.15, 0.2) is 11.4 Å². The van der Waals surface area contributed by atoms with Crippen LogP contribution in [0.1, 0.15) is 49.1 Å². The van der Waals surface area contributed by atoms with E-state index < -0.39 is 0 Å². The lowest BCUT2D eigenvalue weighted by Crippen LogP contribution is -2.40. The second-order valence-electron chi connectivity index (χ2n) is 5.81. The molecule has 1 aromatic heterocycles. The summed E-state index contributed by atoms with van der Waals surface area (Å²) in [5.41, 5.74) is 1.39. The van der Waals surface area contributed by atoms with Gasteiger partial charge in [0.2, 0.25) is 5.91 Å². The molecule has 0 aromatic carbocycles. The van der Waals surface area contributed by atoms with Crippen LogP contribution in [0, 0.1) is 5.92 Å². The van der Waals surface area contributed by atoms with Gasteiger partial charge in [0.05, 0.1) is 12.1 Å². The van der Waals surface area contributed by atoms with E-state index in [4.69, 9.17) is 0 Å². The summed E-state index contributed by atoms with van der Waals surface area (Å²) >= 11 is 1.83. The van der Waals surface area contributed by atoms with Gasteiger partial charge in [0.25, 0.3) is 0 Å². The molecule has 3 rings (SSSR count). The van der Waals surface area contributed by atoms with Gasteiger partial charge in [-0.1, -0.05) is 0 Å². The van der Waals surface area contributed by atoms with Gasteiger partial charge < -0.3 is 10.0 Å². The molecule has 1 amide bonds. The van der Waals surface area contributed by atoms with E-state index in [1.54, 1.807) is 6.92 Å². The van der Waals surface area contributed by atoms with Crippen molar-refractivity contribution in [2.75, 3.05) is 6.54 Å². The minimum absolute atomic E-state index is 0.217. The lowest BCUT2D eigenvalue weighted by atomic mass is 9.95. The van der Waals surface area contributed by atoms with Crippen LogP contribution in [0.25, 0.3) is 0 Å². The lowest BCUT2D eigenvalue weighted by molar-refractivity contribution is -0.135. The van der Waals surface area contributed by atoms with Crippen LogP contribution >= 0.6 is 11.3 Å². The molecular formula is C15H21NO2S. The quantitative estimate of drug-likeness (QED) is 0.920. The first-order chi connectivity index (χ1) is 9.16. The van der Waals surface area contributed by atoms with E-state index in [1.165, 1.54) is 23.3 Å². The Morgan fingerprint density at radius 1 is 1.58 bits per heavy atom. The predicted octanol–water partition coefficient (Wildman–Crippen LogP) is 2.74. The summed E-state index contributed by atoms with van der Waals surface area (Å²) in [6, 6.07) is 2.52. The van der Waals surface area contributed by atoms with Crippen LogP contribution in [0.4, 0.5) is 0 Å². The Kier molecular flexibility index (Phi) is 3.63. The van der Waals surface area contributed by atoms with Gasteiger partial charge in [0.15, 0.2) is 0 Å². The number of rotatable bonds is 4. The summed E-state index contributed by atoms with van der Waals surface area (Å²) in [5.74, 6) is 0.888. The number of thiophene rings is 1. The SMILES string of the molecule is CC(O)CCC(=O)N1CCc2sccc2C1C1CC1. The van der Waals surface area contributed by atoms with Crippen molar-refractivity contribution in [3.63, 3.8) is 0 Å². The van der Waals surface area contributed by atoms with Crippen molar-refractivity contribution in [3.05, 3.63) is 21.9 Å². The molecule has 1 aliphatic heterocycles. The average molecular weight is 279 g/mol. The summed E-state index contributed by atoms with van der Waals surface area (Å²) in [6.45, 7) is 2.60. The van der Waals surface area contributed by atoms with Gasteiger partial charge >= 0.3 is 0 Å². The van der Waals surface area contributed by atoms with E-state index in [2.05, 4.69) is 16.3 Å². The lowest BCUT2D eigenvalue weighted by Gasteiger charge is -2.36. The Morgan fingerprint density at radius 3 is 3.05 bits per heavy atom. The van der Waals surface area contributed by atoms with Gasteiger partial charge in [-0.3, -0.25) is 4.79 Å². The van der Waals surface area contributed by atoms with Crippen molar-refractivity contribution in [1.29, 1.82) is 0 Å². The number of hydrogen-bond acceptors (Lipinski definition) is 3. The predicted molar refractivity (Wildman–Crippen MR) is 76.1 cm³/mol. The highest BCUT2D eigenvalue weighted by atomic mass is 32.1. The van der Waals surface area contributed by atoms with Gasteiger partial charge in [-0.2, -0.15) is 0 Å². The maximum atomic E-state index is 12.4. The number of hydrogen-bond donors (Lipinski definition) is 1. The van der Waals surface area contributed by atoms with Crippen LogP contribution in [0.3, 0.4) is 0 Å². The number of nitrogens with zero attached hydrogens (tertiary/aromatic N) is 1. The smallest absolute Gasteiger partial charge is 0.223 e. The summed E-state index contributed by atoms with van der Waals surface area (Å²) in [6.07, 6.45) is 4.16. The number of aliphatic hydroxyl groups excluding tert-OH is 1. The van der Waals surface area contributed by atoms with Gasteiger partial charge in [-0.15, -0.1) is 11.3 Å². The summed E-state index contributed by atoms with van der Waals surface area (Å²) in [5, 5.41) is 11.5. The standard InChI is InChI=1S/C15H21NO2S/c1-10(17)2-5-14(18)16-8-6-13-12(7-9-19-13)15(16)11-3-4-11/h7,9-11,15,17H,2-6,8H2,1H3. The Balaban J connectivity index is 1.76. The van der Waals surface area contributed by atoms with Crippen molar-refractivity contribution in [3.8, 4) is 0 Å². The molecule has 0 spiro atoms. The van der Waals surface area contributed by atoms with Gasteiger partial charge in [0.1, 0.15) is 0 Å². The number of carbonyl (C=O) groups is 1. The van der Waals surface area contributed by atoms with Crippen LogP contribution in [0.2, 0.25) is 0 Å².